The average molecular weight is 262 g/mol. The molecular weight excluding hydrogens is 256 g/mol. The van der Waals surface area contributed by atoms with E-state index in [0.29, 0.717) is 11.2 Å². The molecule has 8 heteroatoms. The average Bonchev–Trinajstić information content (AvgIpc) is 2.68. The number of hydrogen-bond acceptors (Lipinski definition) is 6. The number of aromatic nitrogens is 3. The van der Waals surface area contributed by atoms with Crippen LogP contribution >= 0.6 is 0 Å². The molecular formula is C10H6N4O3S. The molecule has 0 saturated heterocycles. The molecule has 0 saturated carbocycles. The molecule has 0 unspecified atom stereocenters. The highest BCUT2D eigenvalue weighted by Gasteiger charge is 2.08. The second kappa shape index (κ2) is 3.77. The molecule has 3 aromatic heterocycles. The van der Waals surface area contributed by atoms with Crippen LogP contribution in [0.4, 0.5) is 5.82 Å². The number of rotatable bonds is 1. The van der Waals surface area contributed by atoms with E-state index >= 15 is 0 Å². The van der Waals surface area contributed by atoms with Gasteiger partial charge >= 0.3 is 10.5 Å². The van der Waals surface area contributed by atoms with Gasteiger partial charge in [0.2, 0.25) is 0 Å². The fourth-order valence-electron chi connectivity index (χ4n) is 1.76. The number of pyridine rings is 1. The molecule has 0 radical (unpaired) electrons. The van der Waals surface area contributed by atoms with Crippen LogP contribution in [0.15, 0.2) is 35.1 Å². The highest BCUT2D eigenvalue weighted by atomic mass is 32.2. The van der Waals surface area contributed by atoms with Gasteiger partial charge in [-0.3, -0.25) is 4.40 Å². The molecule has 1 N–H and O–H groups in total. The number of aromatic hydroxyl groups is 1. The van der Waals surface area contributed by atoms with Crippen molar-refractivity contribution >= 4 is 32.9 Å². The van der Waals surface area contributed by atoms with Crippen molar-refractivity contribution in [1.82, 2.24) is 14.4 Å². The summed E-state index contributed by atoms with van der Waals surface area (Å²) in [7, 11) is -2.55. The highest BCUT2D eigenvalue weighted by Crippen LogP contribution is 2.25. The predicted molar refractivity (Wildman–Crippen MR) is 63.2 cm³/mol. The Balaban J connectivity index is 2.43. The molecule has 0 amide bonds. The van der Waals surface area contributed by atoms with Crippen LogP contribution in [0.1, 0.15) is 0 Å². The second-order valence-corrected chi connectivity index (χ2v) is 4.19. The summed E-state index contributed by atoms with van der Waals surface area (Å²) in [6, 6.07) is 4.90. The zero-order chi connectivity index (χ0) is 12.7. The van der Waals surface area contributed by atoms with Gasteiger partial charge in [-0.2, -0.15) is 8.42 Å². The van der Waals surface area contributed by atoms with Crippen molar-refractivity contribution in [2.45, 2.75) is 0 Å². The van der Waals surface area contributed by atoms with E-state index in [1.165, 1.54) is 18.6 Å². The molecule has 0 atom stereocenters. The molecule has 0 bridgehead atoms. The largest absolute Gasteiger partial charge is 0.504 e. The number of fused-ring (bicyclic) bond motifs is 3. The van der Waals surface area contributed by atoms with Crippen LogP contribution in [-0.2, 0) is 10.5 Å². The van der Waals surface area contributed by atoms with Crippen LogP contribution < -0.4 is 0 Å². The van der Waals surface area contributed by atoms with Gasteiger partial charge in [0.1, 0.15) is 12.0 Å². The lowest BCUT2D eigenvalue weighted by Crippen LogP contribution is -1.88. The summed E-state index contributed by atoms with van der Waals surface area (Å²) in [4.78, 5) is 7.94. The Kier molecular flexibility index (Phi) is 2.23. The lowest BCUT2D eigenvalue weighted by molar-refractivity contribution is 0.476. The summed E-state index contributed by atoms with van der Waals surface area (Å²) in [5, 5.41) is 10.4. The molecule has 0 aromatic carbocycles. The molecule has 0 spiro atoms. The van der Waals surface area contributed by atoms with Crippen LogP contribution in [0.5, 0.6) is 5.75 Å². The van der Waals surface area contributed by atoms with Crippen molar-refractivity contribution in [2.24, 2.45) is 4.36 Å². The van der Waals surface area contributed by atoms with Crippen molar-refractivity contribution in [1.29, 1.82) is 0 Å². The molecule has 3 heterocycles. The molecule has 90 valence electrons. The van der Waals surface area contributed by atoms with Gasteiger partial charge in [-0.1, -0.05) is 0 Å². The normalized spacial score (nSPS) is 10.9. The Morgan fingerprint density at radius 1 is 1.33 bits per heavy atom. The molecule has 0 aliphatic carbocycles. The van der Waals surface area contributed by atoms with Crippen molar-refractivity contribution in [3.05, 3.63) is 30.7 Å². The van der Waals surface area contributed by atoms with Crippen molar-refractivity contribution in [3.63, 3.8) is 0 Å². The summed E-state index contributed by atoms with van der Waals surface area (Å²) in [5.41, 5.74) is 1.04. The summed E-state index contributed by atoms with van der Waals surface area (Å²) < 4.78 is 25.9. The third-order valence-corrected chi connectivity index (χ3v) is 2.82. The molecule has 3 aromatic rings. The van der Waals surface area contributed by atoms with Gasteiger partial charge in [0.05, 0.1) is 11.7 Å². The van der Waals surface area contributed by atoms with Crippen molar-refractivity contribution in [3.8, 4) is 5.75 Å². The monoisotopic (exact) mass is 262 g/mol. The van der Waals surface area contributed by atoms with Crippen LogP contribution in [0, 0.1) is 0 Å². The highest BCUT2D eigenvalue weighted by molar-refractivity contribution is 7.61. The van der Waals surface area contributed by atoms with Gasteiger partial charge in [-0.15, -0.1) is 4.36 Å². The first-order valence-corrected chi connectivity index (χ1v) is 5.94. The maximum absolute atomic E-state index is 10.5. The lowest BCUT2D eigenvalue weighted by atomic mass is 10.3. The molecule has 0 aliphatic heterocycles. The smallest absolute Gasteiger partial charge is 0.317 e. The fourth-order valence-corrected chi connectivity index (χ4v) is 2.02. The van der Waals surface area contributed by atoms with E-state index in [1.54, 1.807) is 16.5 Å². The first kappa shape index (κ1) is 10.7. The summed E-state index contributed by atoms with van der Waals surface area (Å²) in [5.74, 6) is 0.112. The number of hydrogen-bond donors (Lipinski definition) is 1. The van der Waals surface area contributed by atoms with E-state index in [1.807, 2.05) is 0 Å². The van der Waals surface area contributed by atoms with Crippen LogP contribution in [0.25, 0.3) is 16.6 Å². The third kappa shape index (κ3) is 1.59. The van der Waals surface area contributed by atoms with Crippen LogP contribution in [0.2, 0.25) is 0 Å². The minimum absolute atomic E-state index is 0.0291. The van der Waals surface area contributed by atoms with E-state index in [0.717, 1.165) is 5.39 Å². The predicted octanol–water partition coefficient (Wildman–Crippen LogP) is 1.28. The Bertz CT molecular complexity index is 890. The minimum atomic E-state index is -2.55. The zero-order valence-corrected chi connectivity index (χ0v) is 9.66. The van der Waals surface area contributed by atoms with E-state index in [-0.39, 0.29) is 11.6 Å². The minimum Gasteiger partial charge on any atom is -0.504 e. The maximum Gasteiger partial charge on any atom is 0.317 e. The van der Waals surface area contributed by atoms with E-state index in [2.05, 4.69) is 14.3 Å². The van der Waals surface area contributed by atoms with Crippen molar-refractivity contribution < 1.29 is 13.5 Å². The standard InChI is InChI=1S/C10H6N4O3S/c15-8-4-11-5-14-7(8)3-6-1-2-9(12-10(6)14)13-18(16)17/h1-5,15H. The molecule has 18 heavy (non-hydrogen) atoms. The van der Waals surface area contributed by atoms with Gasteiger partial charge < -0.3 is 5.11 Å². The zero-order valence-electron chi connectivity index (χ0n) is 8.85. The van der Waals surface area contributed by atoms with Gasteiger partial charge in [-0.25, -0.2) is 9.97 Å². The summed E-state index contributed by atoms with van der Waals surface area (Å²) in [6.45, 7) is 0. The number of nitrogens with zero attached hydrogens (tertiary/aromatic N) is 4. The topological polar surface area (TPSA) is 96.9 Å². The van der Waals surface area contributed by atoms with Crippen LogP contribution in [0.3, 0.4) is 0 Å². The molecule has 0 aliphatic rings. The van der Waals surface area contributed by atoms with Crippen LogP contribution in [-0.4, -0.2) is 27.9 Å². The van der Waals surface area contributed by atoms with E-state index < -0.39 is 10.5 Å². The van der Waals surface area contributed by atoms with E-state index in [9.17, 15) is 13.5 Å². The van der Waals surface area contributed by atoms with Gasteiger partial charge in [-0.05, 0) is 18.2 Å². The Hall–Kier alpha value is -2.48. The quantitative estimate of drug-likeness (QED) is 0.712. The Morgan fingerprint density at radius 3 is 2.94 bits per heavy atom. The Labute approximate surface area is 102 Å². The first-order valence-electron chi connectivity index (χ1n) is 4.91. The van der Waals surface area contributed by atoms with Gasteiger partial charge in [0.15, 0.2) is 11.6 Å². The van der Waals surface area contributed by atoms with Gasteiger partial charge in [0.25, 0.3) is 0 Å². The fraction of sp³-hybridized carbons (Fsp3) is 0. The van der Waals surface area contributed by atoms with Gasteiger partial charge in [0, 0.05) is 5.39 Å². The lowest BCUT2D eigenvalue weighted by Gasteiger charge is -1.97. The Morgan fingerprint density at radius 2 is 2.17 bits per heavy atom. The van der Waals surface area contributed by atoms with E-state index in [4.69, 9.17) is 0 Å². The summed E-state index contributed by atoms with van der Waals surface area (Å²) in [6.07, 6.45) is 2.81. The second-order valence-electron chi connectivity index (χ2n) is 3.57. The maximum atomic E-state index is 10.5. The SMILES string of the molecule is O=S(=O)=Nc1ccc2cc3c(O)cncn3c2n1. The first-order chi connectivity index (χ1) is 8.65. The molecule has 0 fully saturated rings. The third-order valence-electron chi connectivity index (χ3n) is 2.48. The molecule has 7 nitrogen and oxygen atoms in total. The molecule has 3 rings (SSSR count). The van der Waals surface area contributed by atoms with Crippen molar-refractivity contribution in [2.75, 3.05) is 0 Å². The summed E-state index contributed by atoms with van der Waals surface area (Å²) >= 11 is 0.